The fourth-order valence-corrected chi connectivity index (χ4v) is 2.02. The van der Waals surface area contributed by atoms with Crippen LogP contribution in [0.25, 0.3) is 0 Å². The first-order valence-corrected chi connectivity index (χ1v) is 6.41. The number of hydrogen-bond donors (Lipinski definition) is 1. The summed E-state index contributed by atoms with van der Waals surface area (Å²) in [6.07, 6.45) is 0.891. The Hall–Kier alpha value is -1.72. The molecule has 1 N–H and O–H groups in total. The molecule has 2 aromatic rings. The third kappa shape index (κ3) is 3.65. The van der Waals surface area contributed by atoms with E-state index in [1.165, 1.54) is 12.1 Å². The molecular formula is C15H17F2NO2. The van der Waals surface area contributed by atoms with Crippen LogP contribution in [0.4, 0.5) is 8.78 Å². The average molecular weight is 281 g/mol. The lowest BCUT2D eigenvalue weighted by atomic mass is 10.1. The molecule has 1 aromatic carbocycles. The van der Waals surface area contributed by atoms with Gasteiger partial charge in [-0.1, -0.05) is 12.1 Å². The average Bonchev–Trinajstić information content (AvgIpc) is 2.92. The summed E-state index contributed by atoms with van der Waals surface area (Å²) in [6, 6.07) is 7.49. The maximum Gasteiger partial charge on any atom is 0.164 e. The van der Waals surface area contributed by atoms with Gasteiger partial charge >= 0.3 is 0 Å². The standard InChI is InChI=1S/C15H17F2NO2/c1-18(10-11-4-3-9-20-11)8-7-14(19)12-5-2-6-13(16)15(12)17/h2-6,9,14,19H,7-8,10H2,1H3. The topological polar surface area (TPSA) is 36.6 Å². The van der Waals surface area contributed by atoms with Crippen LogP contribution in [0.2, 0.25) is 0 Å². The van der Waals surface area contributed by atoms with E-state index in [4.69, 9.17) is 4.42 Å². The Morgan fingerprint density at radius 3 is 2.75 bits per heavy atom. The second kappa shape index (κ2) is 6.63. The molecule has 0 saturated heterocycles. The molecule has 0 radical (unpaired) electrons. The van der Waals surface area contributed by atoms with Gasteiger partial charge in [-0.2, -0.15) is 0 Å². The molecule has 108 valence electrons. The highest BCUT2D eigenvalue weighted by atomic mass is 19.2. The summed E-state index contributed by atoms with van der Waals surface area (Å²) < 4.78 is 31.8. The van der Waals surface area contributed by atoms with E-state index in [1.807, 2.05) is 18.0 Å². The third-order valence-electron chi connectivity index (χ3n) is 3.13. The number of nitrogens with zero attached hydrogens (tertiary/aromatic N) is 1. The van der Waals surface area contributed by atoms with Crippen molar-refractivity contribution in [2.45, 2.75) is 19.1 Å². The molecule has 1 atom stereocenters. The summed E-state index contributed by atoms with van der Waals surface area (Å²) in [7, 11) is 1.87. The Kier molecular flexibility index (Phi) is 4.87. The van der Waals surface area contributed by atoms with Gasteiger partial charge in [0.05, 0.1) is 18.9 Å². The Labute approximate surface area is 116 Å². The van der Waals surface area contributed by atoms with Crippen LogP contribution >= 0.6 is 0 Å². The molecule has 2 rings (SSSR count). The predicted molar refractivity (Wildman–Crippen MR) is 71.0 cm³/mol. The van der Waals surface area contributed by atoms with Gasteiger partial charge in [0.2, 0.25) is 0 Å². The van der Waals surface area contributed by atoms with E-state index < -0.39 is 17.7 Å². The van der Waals surface area contributed by atoms with Gasteiger partial charge in [0.1, 0.15) is 5.76 Å². The monoisotopic (exact) mass is 281 g/mol. The number of aliphatic hydroxyl groups excluding tert-OH is 1. The number of hydrogen-bond acceptors (Lipinski definition) is 3. The highest BCUT2D eigenvalue weighted by Crippen LogP contribution is 2.22. The number of rotatable bonds is 6. The first kappa shape index (κ1) is 14.7. The second-order valence-corrected chi connectivity index (χ2v) is 4.76. The van der Waals surface area contributed by atoms with Crippen molar-refractivity contribution in [3.8, 4) is 0 Å². The van der Waals surface area contributed by atoms with E-state index in [0.717, 1.165) is 11.8 Å². The molecule has 0 aliphatic rings. The molecule has 0 amide bonds. The number of halogens is 2. The van der Waals surface area contributed by atoms with Crippen molar-refractivity contribution in [2.24, 2.45) is 0 Å². The molecule has 0 fully saturated rings. The minimum Gasteiger partial charge on any atom is -0.468 e. The Morgan fingerprint density at radius 1 is 1.25 bits per heavy atom. The highest BCUT2D eigenvalue weighted by molar-refractivity contribution is 5.21. The molecule has 0 saturated carbocycles. The minimum absolute atomic E-state index is 0.00333. The normalized spacial score (nSPS) is 12.8. The summed E-state index contributed by atoms with van der Waals surface area (Å²) >= 11 is 0. The summed E-state index contributed by atoms with van der Waals surface area (Å²) in [6.45, 7) is 1.14. The fraction of sp³-hybridized carbons (Fsp3) is 0.333. The van der Waals surface area contributed by atoms with Gasteiger partial charge in [-0.3, -0.25) is 4.90 Å². The Bertz CT molecular complexity index is 543. The van der Waals surface area contributed by atoms with Crippen LogP contribution in [-0.4, -0.2) is 23.6 Å². The number of aliphatic hydroxyl groups is 1. The van der Waals surface area contributed by atoms with Crippen molar-refractivity contribution in [3.63, 3.8) is 0 Å². The molecule has 20 heavy (non-hydrogen) atoms. The zero-order chi connectivity index (χ0) is 14.5. The van der Waals surface area contributed by atoms with Crippen LogP contribution < -0.4 is 0 Å². The van der Waals surface area contributed by atoms with Crippen LogP contribution in [-0.2, 0) is 6.54 Å². The first-order chi connectivity index (χ1) is 9.58. The van der Waals surface area contributed by atoms with Crippen molar-refractivity contribution in [1.82, 2.24) is 4.90 Å². The Balaban J connectivity index is 1.88. The molecule has 1 heterocycles. The summed E-state index contributed by atoms with van der Waals surface area (Å²) in [5.74, 6) is -1.10. The van der Waals surface area contributed by atoms with Crippen molar-refractivity contribution in [3.05, 3.63) is 59.6 Å². The lowest BCUT2D eigenvalue weighted by Crippen LogP contribution is -2.21. The van der Waals surface area contributed by atoms with Crippen LogP contribution in [0.5, 0.6) is 0 Å². The number of benzene rings is 1. The maximum absolute atomic E-state index is 13.5. The SMILES string of the molecule is CN(CCC(O)c1cccc(F)c1F)Cc1ccco1. The molecule has 0 aliphatic heterocycles. The van der Waals surface area contributed by atoms with Crippen molar-refractivity contribution in [1.29, 1.82) is 0 Å². The summed E-state index contributed by atoms with van der Waals surface area (Å²) in [5, 5.41) is 9.94. The fourth-order valence-electron chi connectivity index (χ4n) is 2.02. The quantitative estimate of drug-likeness (QED) is 0.884. The van der Waals surface area contributed by atoms with Crippen LogP contribution in [0.3, 0.4) is 0 Å². The summed E-state index contributed by atoms with van der Waals surface area (Å²) in [5.41, 5.74) is -0.00333. The third-order valence-corrected chi connectivity index (χ3v) is 3.13. The number of furan rings is 1. The Morgan fingerprint density at radius 2 is 2.05 bits per heavy atom. The highest BCUT2D eigenvalue weighted by Gasteiger charge is 2.16. The lowest BCUT2D eigenvalue weighted by molar-refractivity contribution is 0.141. The van der Waals surface area contributed by atoms with Gasteiger partial charge in [-0.15, -0.1) is 0 Å². The zero-order valence-corrected chi connectivity index (χ0v) is 11.2. The molecule has 5 heteroatoms. The van der Waals surface area contributed by atoms with Gasteiger partial charge < -0.3 is 9.52 Å². The van der Waals surface area contributed by atoms with Crippen molar-refractivity contribution < 1.29 is 18.3 Å². The molecule has 1 aromatic heterocycles. The van der Waals surface area contributed by atoms with Crippen LogP contribution in [0.1, 0.15) is 23.8 Å². The lowest BCUT2D eigenvalue weighted by Gasteiger charge is -2.18. The smallest absolute Gasteiger partial charge is 0.164 e. The van der Waals surface area contributed by atoms with Gasteiger partial charge in [0, 0.05) is 12.1 Å². The largest absolute Gasteiger partial charge is 0.468 e. The minimum atomic E-state index is -1.02. The van der Waals surface area contributed by atoms with Crippen molar-refractivity contribution >= 4 is 0 Å². The molecule has 0 aliphatic carbocycles. The van der Waals surface area contributed by atoms with Gasteiger partial charge in [0.15, 0.2) is 11.6 Å². The zero-order valence-electron chi connectivity index (χ0n) is 11.2. The van der Waals surface area contributed by atoms with Crippen LogP contribution in [0, 0.1) is 11.6 Å². The van der Waals surface area contributed by atoms with E-state index in [0.29, 0.717) is 19.5 Å². The van der Waals surface area contributed by atoms with Gasteiger partial charge in [0.25, 0.3) is 0 Å². The van der Waals surface area contributed by atoms with Crippen LogP contribution in [0.15, 0.2) is 41.0 Å². The first-order valence-electron chi connectivity index (χ1n) is 6.41. The maximum atomic E-state index is 13.5. The predicted octanol–water partition coefficient (Wildman–Crippen LogP) is 3.11. The van der Waals surface area contributed by atoms with Gasteiger partial charge in [-0.25, -0.2) is 8.78 Å². The van der Waals surface area contributed by atoms with E-state index in [9.17, 15) is 13.9 Å². The van der Waals surface area contributed by atoms with Gasteiger partial charge in [-0.05, 0) is 31.7 Å². The summed E-state index contributed by atoms with van der Waals surface area (Å²) in [4.78, 5) is 1.94. The molecule has 3 nitrogen and oxygen atoms in total. The molecule has 0 bridgehead atoms. The molecule has 1 unspecified atom stereocenters. The molecular weight excluding hydrogens is 264 g/mol. The van der Waals surface area contributed by atoms with E-state index in [-0.39, 0.29) is 5.56 Å². The van der Waals surface area contributed by atoms with E-state index in [2.05, 4.69) is 0 Å². The second-order valence-electron chi connectivity index (χ2n) is 4.76. The molecule has 0 spiro atoms. The van der Waals surface area contributed by atoms with E-state index >= 15 is 0 Å². The van der Waals surface area contributed by atoms with E-state index in [1.54, 1.807) is 12.3 Å². The van der Waals surface area contributed by atoms with Crippen molar-refractivity contribution in [2.75, 3.05) is 13.6 Å².